The van der Waals surface area contributed by atoms with Crippen molar-refractivity contribution in [3.8, 4) is 5.69 Å². The van der Waals surface area contributed by atoms with Gasteiger partial charge in [0.05, 0.1) is 5.69 Å². The van der Waals surface area contributed by atoms with Crippen molar-refractivity contribution in [1.29, 1.82) is 0 Å². The number of thiophene rings is 1. The van der Waals surface area contributed by atoms with Crippen LogP contribution in [-0.4, -0.2) is 9.55 Å². The normalized spacial score (nSPS) is 10.7. The van der Waals surface area contributed by atoms with Crippen molar-refractivity contribution in [2.45, 2.75) is 13.5 Å². The molecule has 5 heteroatoms. The van der Waals surface area contributed by atoms with E-state index in [-0.39, 0.29) is 5.69 Å². The first-order valence-corrected chi connectivity index (χ1v) is 7.25. The smallest absolute Gasteiger partial charge is 0.330 e. The summed E-state index contributed by atoms with van der Waals surface area (Å²) in [6.45, 7) is 2.95. The molecule has 3 aromatic rings. The average molecular weight is 285 g/mol. The molecule has 0 aliphatic carbocycles. The minimum atomic E-state index is -0.125. The summed E-state index contributed by atoms with van der Waals surface area (Å²) in [5.41, 5.74) is 3.09. The lowest BCUT2D eigenvalue weighted by atomic mass is 10.2. The lowest BCUT2D eigenvalue weighted by Gasteiger charge is -2.07. The Labute approximate surface area is 120 Å². The van der Waals surface area contributed by atoms with Crippen LogP contribution in [0.3, 0.4) is 0 Å². The molecule has 2 N–H and O–H groups in total. The fraction of sp³-hybridized carbons (Fsp3) is 0.133. The van der Waals surface area contributed by atoms with Crippen LogP contribution in [0.5, 0.6) is 0 Å². The van der Waals surface area contributed by atoms with E-state index in [4.69, 9.17) is 0 Å². The van der Waals surface area contributed by atoms with Crippen molar-refractivity contribution < 1.29 is 0 Å². The zero-order valence-corrected chi connectivity index (χ0v) is 11.9. The molecular formula is C15H15N3OS. The molecule has 2 aromatic heterocycles. The molecule has 3 rings (SSSR count). The first-order valence-electron chi connectivity index (χ1n) is 6.37. The second kappa shape index (κ2) is 5.38. The highest BCUT2D eigenvalue weighted by molar-refractivity contribution is 7.10. The molecule has 4 nitrogen and oxygen atoms in total. The van der Waals surface area contributed by atoms with E-state index in [1.165, 1.54) is 10.4 Å². The predicted molar refractivity (Wildman–Crippen MR) is 82.8 cm³/mol. The van der Waals surface area contributed by atoms with Gasteiger partial charge in [-0.05, 0) is 48.2 Å². The highest BCUT2D eigenvalue weighted by Crippen LogP contribution is 2.18. The minimum Gasteiger partial charge on any atom is -0.380 e. The van der Waals surface area contributed by atoms with E-state index in [1.54, 1.807) is 28.3 Å². The Bertz CT molecular complexity index is 752. The van der Waals surface area contributed by atoms with Gasteiger partial charge in [-0.15, -0.1) is 11.3 Å². The van der Waals surface area contributed by atoms with E-state index in [0.29, 0.717) is 0 Å². The Hall–Kier alpha value is -2.27. The summed E-state index contributed by atoms with van der Waals surface area (Å²) in [6.07, 6.45) is 3.36. The van der Waals surface area contributed by atoms with Crippen molar-refractivity contribution in [1.82, 2.24) is 9.55 Å². The van der Waals surface area contributed by atoms with Crippen molar-refractivity contribution in [2.24, 2.45) is 0 Å². The summed E-state index contributed by atoms with van der Waals surface area (Å²) in [6, 6.07) is 9.95. The van der Waals surface area contributed by atoms with Gasteiger partial charge in [0, 0.05) is 29.5 Å². The summed E-state index contributed by atoms with van der Waals surface area (Å²) < 4.78 is 1.58. The van der Waals surface area contributed by atoms with Crippen LogP contribution in [0, 0.1) is 6.92 Å². The molecule has 2 heterocycles. The van der Waals surface area contributed by atoms with Crippen molar-refractivity contribution in [2.75, 3.05) is 5.32 Å². The van der Waals surface area contributed by atoms with E-state index in [0.717, 1.165) is 17.9 Å². The van der Waals surface area contributed by atoms with Crippen LogP contribution in [0.2, 0.25) is 0 Å². The molecule has 0 unspecified atom stereocenters. The van der Waals surface area contributed by atoms with Crippen molar-refractivity contribution in [3.63, 3.8) is 0 Å². The first kappa shape index (κ1) is 12.7. The summed E-state index contributed by atoms with van der Waals surface area (Å²) in [5.74, 6) is 0. The van der Waals surface area contributed by atoms with Crippen molar-refractivity contribution >= 4 is 17.0 Å². The molecule has 0 fully saturated rings. The minimum absolute atomic E-state index is 0.125. The average Bonchev–Trinajstić information content (AvgIpc) is 3.06. The lowest BCUT2D eigenvalue weighted by molar-refractivity contribution is 0.987. The summed E-state index contributed by atoms with van der Waals surface area (Å²) >= 11 is 1.76. The van der Waals surface area contributed by atoms with Gasteiger partial charge in [0.1, 0.15) is 0 Å². The van der Waals surface area contributed by atoms with Gasteiger partial charge in [-0.1, -0.05) is 0 Å². The second-order valence-corrected chi connectivity index (χ2v) is 5.56. The number of rotatable bonds is 4. The topological polar surface area (TPSA) is 49.8 Å². The maximum absolute atomic E-state index is 11.5. The molecule has 0 spiro atoms. The summed E-state index contributed by atoms with van der Waals surface area (Å²) in [4.78, 5) is 15.5. The van der Waals surface area contributed by atoms with Crippen LogP contribution in [0.4, 0.5) is 5.69 Å². The van der Waals surface area contributed by atoms with Crippen LogP contribution < -0.4 is 11.0 Å². The van der Waals surface area contributed by atoms with Crippen LogP contribution in [0.25, 0.3) is 5.69 Å². The van der Waals surface area contributed by atoms with Crippen LogP contribution in [-0.2, 0) is 6.54 Å². The molecule has 0 bridgehead atoms. The molecule has 0 radical (unpaired) electrons. The molecule has 0 amide bonds. The molecule has 1 aromatic carbocycles. The fourth-order valence-corrected chi connectivity index (χ4v) is 2.88. The van der Waals surface area contributed by atoms with Crippen LogP contribution in [0.15, 0.2) is 52.9 Å². The standard InChI is InChI=1S/C15H15N3OS/c1-11-6-9-20-14(11)10-17-12-2-4-13(5-3-12)18-8-7-16-15(18)19/h2-9,17H,10H2,1H3,(H,16,19). The second-order valence-electron chi connectivity index (χ2n) is 4.56. The van der Waals surface area contributed by atoms with Gasteiger partial charge in [-0.25, -0.2) is 4.79 Å². The van der Waals surface area contributed by atoms with Gasteiger partial charge in [-0.3, -0.25) is 4.57 Å². The Morgan fingerprint density at radius 2 is 2.05 bits per heavy atom. The third-order valence-corrected chi connectivity index (χ3v) is 4.24. The Kier molecular flexibility index (Phi) is 3.43. The van der Waals surface area contributed by atoms with E-state index in [9.17, 15) is 4.79 Å². The molecule has 0 aliphatic heterocycles. The number of nitrogens with zero attached hydrogens (tertiary/aromatic N) is 1. The Morgan fingerprint density at radius 3 is 2.65 bits per heavy atom. The number of hydrogen-bond donors (Lipinski definition) is 2. The van der Waals surface area contributed by atoms with E-state index in [1.807, 2.05) is 24.3 Å². The third kappa shape index (κ3) is 2.53. The fourth-order valence-electron chi connectivity index (χ4n) is 2.03. The molecule has 20 heavy (non-hydrogen) atoms. The number of aryl methyl sites for hydroxylation is 1. The lowest BCUT2D eigenvalue weighted by Crippen LogP contribution is -2.13. The number of imidazole rings is 1. The monoisotopic (exact) mass is 285 g/mol. The molecule has 0 aliphatic rings. The van der Waals surface area contributed by atoms with Crippen LogP contribution >= 0.6 is 11.3 Å². The quantitative estimate of drug-likeness (QED) is 0.773. The van der Waals surface area contributed by atoms with Gasteiger partial charge in [0.15, 0.2) is 0 Å². The summed E-state index contributed by atoms with van der Waals surface area (Å²) in [5, 5.41) is 5.50. The maximum atomic E-state index is 11.5. The largest absolute Gasteiger partial charge is 0.380 e. The van der Waals surface area contributed by atoms with Gasteiger partial charge >= 0.3 is 5.69 Å². The zero-order chi connectivity index (χ0) is 13.9. The summed E-state index contributed by atoms with van der Waals surface area (Å²) in [7, 11) is 0. The van der Waals surface area contributed by atoms with E-state index >= 15 is 0 Å². The van der Waals surface area contributed by atoms with E-state index < -0.39 is 0 Å². The highest BCUT2D eigenvalue weighted by Gasteiger charge is 2.02. The molecule has 0 atom stereocenters. The van der Waals surface area contributed by atoms with Gasteiger partial charge in [0.2, 0.25) is 0 Å². The van der Waals surface area contributed by atoms with Gasteiger partial charge in [-0.2, -0.15) is 0 Å². The first-order chi connectivity index (χ1) is 9.74. The van der Waals surface area contributed by atoms with Gasteiger partial charge < -0.3 is 10.3 Å². The number of nitrogens with one attached hydrogen (secondary N) is 2. The van der Waals surface area contributed by atoms with E-state index in [2.05, 4.69) is 28.7 Å². The number of anilines is 1. The third-order valence-electron chi connectivity index (χ3n) is 3.22. The number of hydrogen-bond acceptors (Lipinski definition) is 3. The molecule has 0 saturated heterocycles. The number of H-pyrrole nitrogens is 1. The Morgan fingerprint density at radius 1 is 1.25 bits per heavy atom. The number of aromatic nitrogens is 2. The number of aromatic amines is 1. The van der Waals surface area contributed by atoms with Crippen LogP contribution in [0.1, 0.15) is 10.4 Å². The maximum Gasteiger partial charge on any atom is 0.330 e. The SMILES string of the molecule is Cc1ccsc1CNc1ccc(-n2cc[nH]c2=O)cc1. The highest BCUT2D eigenvalue weighted by atomic mass is 32.1. The zero-order valence-electron chi connectivity index (χ0n) is 11.1. The molecular weight excluding hydrogens is 270 g/mol. The van der Waals surface area contributed by atoms with Gasteiger partial charge in [0.25, 0.3) is 0 Å². The van der Waals surface area contributed by atoms with Crippen molar-refractivity contribution in [3.05, 3.63) is 69.0 Å². The molecule has 102 valence electrons. The predicted octanol–water partition coefficient (Wildman–Crippen LogP) is 3.15. The Balaban J connectivity index is 1.72. The number of benzene rings is 1. The molecule has 0 saturated carbocycles.